The van der Waals surface area contributed by atoms with E-state index in [1.54, 1.807) is 0 Å². The average Bonchev–Trinajstić information content (AvgIpc) is 3.17. The number of carbonyl (C=O) groups is 1. The Bertz CT molecular complexity index is 1030. The van der Waals surface area contributed by atoms with Crippen LogP contribution in [-0.2, 0) is 6.54 Å². The summed E-state index contributed by atoms with van der Waals surface area (Å²) in [5.41, 5.74) is 8.18. The van der Waals surface area contributed by atoms with Gasteiger partial charge in [0.25, 0.3) is 5.91 Å². The number of primary amides is 1. The van der Waals surface area contributed by atoms with Crippen LogP contribution in [0.25, 0.3) is 10.8 Å². The highest BCUT2D eigenvalue weighted by molar-refractivity contribution is 5.89. The van der Waals surface area contributed by atoms with Crippen molar-refractivity contribution in [2.45, 2.75) is 32.9 Å². The summed E-state index contributed by atoms with van der Waals surface area (Å²) in [5, 5.41) is 5.95. The highest BCUT2D eigenvalue weighted by Gasteiger charge is 2.26. The minimum absolute atomic E-state index is 0.0786. The standard InChI is InChI=1S/C21H24N6O/c1-13-14(2)25-20(19(22)28)26-21(13)27-8-7-17(12-27)24-11-18-9-15-5-3-4-6-16(15)10-23-18/h3-6,9-10,17,24H,7-8,11-12H2,1-2H3,(H2,22,28)/t17-/m1/s1. The summed E-state index contributed by atoms with van der Waals surface area (Å²) < 4.78 is 0. The number of rotatable bonds is 5. The van der Waals surface area contributed by atoms with Gasteiger partial charge in [-0.1, -0.05) is 24.3 Å². The third kappa shape index (κ3) is 3.66. The van der Waals surface area contributed by atoms with Gasteiger partial charge in [0.2, 0.25) is 5.82 Å². The number of aromatic nitrogens is 3. The molecular weight excluding hydrogens is 352 g/mol. The van der Waals surface area contributed by atoms with Crippen molar-refractivity contribution in [2.24, 2.45) is 5.73 Å². The summed E-state index contributed by atoms with van der Waals surface area (Å²) in [6.45, 7) is 6.28. The van der Waals surface area contributed by atoms with Crippen LogP contribution in [0.5, 0.6) is 0 Å². The van der Waals surface area contributed by atoms with Crippen LogP contribution in [0.2, 0.25) is 0 Å². The van der Waals surface area contributed by atoms with Gasteiger partial charge < -0.3 is 16.0 Å². The van der Waals surface area contributed by atoms with Gasteiger partial charge >= 0.3 is 0 Å². The molecule has 1 aliphatic rings. The zero-order valence-corrected chi connectivity index (χ0v) is 16.1. The van der Waals surface area contributed by atoms with Crippen LogP contribution in [0, 0.1) is 13.8 Å². The molecule has 1 aromatic carbocycles. The normalized spacial score (nSPS) is 16.6. The van der Waals surface area contributed by atoms with E-state index >= 15 is 0 Å². The van der Waals surface area contributed by atoms with E-state index in [1.165, 1.54) is 5.39 Å². The van der Waals surface area contributed by atoms with E-state index in [1.807, 2.05) is 32.2 Å². The van der Waals surface area contributed by atoms with Crippen molar-refractivity contribution in [1.82, 2.24) is 20.3 Å². The largest absolute Gasteiger partial charge is 0.363 e. The molecule has 0 bridgehead atoms. The molecule has 1 fully saturated rings. The molecule has 28 heavy (non-hydrogen) atoms. The summed E-state index contributed by atoms with van der Waals surface area (Å²) in [4.78, 5) is 26.8. The van der Waals surface area contributed by atoms with Crippen LogP contribution in [0.15, 0.2) is 36.5 Å². The van der Waals surface area contributed by atoms with Crippen molar-refractivity contribution < 1.29 is 4.79 Å². The molecule has 1 aliphatic heterocycles. The molecule has 7 nitrogen and oxygen atoms in total. The molecule has 1 atom stereocenters. The van der Waals surface area contributed by atoms with Gasteiger partial charge in [-0.05, 0) is 31.7 Å². The Kier molecular flexibility index (Phi) is 4.92. The van der Waals surface area contributed by atoms with Crippen LogP contribution >= 0.6 is 0 Å². The van der Waals surface area contributed by atoms with E-state index in [0.717, 1.165) is 54.2 Å². The summed E-state index contributed by atoms with van der Waals surface area (Å²) in [6, 6.07) is 10.7. The van der Waals surface area contributed by atoms with Gasteiger partial charge in [-0.3, -0.25) is 9.78 Å². The maximum atomic E-state index is 11.5. The molecule has 3 heterocycles. The topological polar surface area (TPSA) is 97.0 Å². The van der Waals surface area contributed by atoms with Gasteiger partial charge in [-0.2, -0.15) is 0 Å². The monoisotopic (exact) mass is 376 g/mol. The lowest BCUT2D eigenvalue weighted by Gasteiger charge is -2.21. The first-order valence-electron chi connectivity index (χ1n) is 9.48. The molecule has 0 saturated carbocycles. The van der Waals surface area contributed by atoms with Gasteiger partial charge in [0.15, 0.2) is 0 Å². The number of aryl methyl sites for hydroxylation is 1. The van der Waals surface area contributed by atoms with E-state index in [0.29, 0.717) is 6.04 Å². The number of nitrogens with one attached hydrogen (secondary N) is 1. The minimum atomic E-state index is -0.597. The van der Waals surface area contributed by atoms with E-state index in [-0.39, 0.29) is 5.82 Å². The highest BCUT2D eigenvalue weighted by atomic mass is 16.1. The maximum absolute atomic E-state index is 11.5. The number of carbonyl (C=O) groups excluding carboxylic acids is 1. The number of nitrogens with zero attached hydrogens (tertiary/aromatic N) is 4. The first kappa shape index (κ1) is 18.3. The molecule has 1 amide bonds. The molecule has 144 valence electrons. The molecule has 4 rings (SSSR count). The Morgan fingerprint density at radius 2 is 2.04 bits per heavy atom. The van der Waals surface area contributed by atoms with Crippen molar-refractivity contribution in [3.63, 3.8) is 0 Å². The van der Waals surface area contributed by atoms with Gasteiger partial charge in [0, 0.05) is 48.5 Å². The maximum Gasteiger partial charge on any atom is 0.286 e. The van der Waals surface area contributed by atoms with Gasteiger partial charge in [-0.25, -0.2) is 9.97 Å². The van der Waals surface area contributed by atoms with Crippen molar-refractivity contribution in [3.05, 3.63) is 59.3 Å². The second kappa shape index (κ2) is 7.52. The number of amides is 1. The van der Waals surface area contributed by atoms with Crippen LogP contribution in [0.1, 0.15) is 34.0 Å². The summed E-state index contributed by atoms with van der Waals surface area (Å²) >= 11 is 0. The predicted molar refractivity (Wildman–Crippen MR) is 109 cm³/mol. The van der Waals surface area contributed by atoms with Crippen molar-refractivity contribution in [3.8, 4) is 0 Å². The Labute approximate surface area is 164 Å². The Morgan fingerprint density at radius 3 is 2.82 bits per heavy atom. The number of nitrogens with two attached hydrogens (primary N) is 1. The summed E-state index contributed by atoms with van der Waals surface area (Å²) in [5.74, 6) is 0.282. The van der Waals surface area contributed by atoms with Crippen LogP contribution in [0.4, 0.5) is 5.82 Å². The first-order valence-corrected chi connectivity index (χ1v) is 9.48. The second-order valence-corrected chi connectivity index (χ2v) is 7.28. The fourth-order valence-corrected chi connectivity index (χ4v) is 3.63. The number of fused-ring (bicyclic) bond motifs is 1. The molecule has 0 unspecified atom stereocenters. The number of anilines is 1. The fraction of sp³-hybridized carbons (Fsp3) is 0.333. The van der Waals surface area contributed by atoms with Crippen LogP contribution < -0.4 is 16.0 Å². The van der Waals surface area contributed by atoms with Gasteiger partial charge in [0.1, 0.15) is 5.82 Å². The molecule has 0 radical (unpaired) electrons. The lowest BCUT2D eigenvalue weighted by atomic mass is 10.1. The zero-order valence-electron chi connectivity index (χ0n) is 16.1. The average molecular weight is 376 g/mol. The van der Waals surface area contributed by atoms with Crippen molar-refractivity contribution in [1.29, 1.82) is 0 Å². The Balaban J connectivity index is 1.43. The van der Waals surface area contributed by atoms with Gasteiger partial charge in [-0.15, -0.1) is 0 Å². The smallest absolute Gasteiger partial charge is 0.286 e. The van der Waals surface area contributed by atoms with E-state index < -0.39 is 5.91 Å². The lowest BCUT2D eigenvalue weighted by molar-refractivity contribution is 0.0990. The molecule has 3 N–H and O–H groups in total. The molecule has 2 aromatic heterocycles. The van der Waals surface area contributed by atoms with Crippen LogP contribution in [-0.4, -0.2) is 40.0 Å². The lowest BCUT2D eigenvalue weighted by Crippen LogP contribution is -2.33. The molecular formula is C21H24N6O. The SMILES string of the molecule is Cc1nc(C(N)=O)nc(N2CC[C@@H](NCc3cc4ccccc4cn3)C2)c1C. The Morgan fingerprint density at radius 1 is 1.25 bits per heavy atom. The number of hydrogen-bond acceptors (Lipinski definition) is 6. The summed E-state index contributed by atoms with van der Waals surface area (Å²) in [7, 11) is 0. The van der Waals surface area contributed by atoms with Gasteiger partial charge in [0.05, 0.1) is 5.69 Å². The number of hydrogen-bond donors (Lipinski definition) is 2. The third-order valence-corrected chi connectivity index (χ3v) is 5.33. The van der Waals surface area contributed by atoms with E-state index in [4.69, 9.17) is 5.73 Å². The second-order valence-electron chi connectivity index (χ2n) is 7.28. The first-order chi connectivity index (χ1) is 13.5. The number of pyridine rings is 1. The molecule has 1 saturated heterocycles. The minimum Gasteiger partial charge on any atom is -0.363 e. The van der Waals surface area contributed by atoms with E-state index in [2.05, 4.69) is 43.4 Å². The van der Waals surface area contributed by atoms with Crippen LogP contribution in [0.3, 0.4) is 0 Å². The van der Waals surface area contributed by atoms with Crippen molar-refractivity contribution in [2.75, 3.05) is 18.0 Å². The Hall–Kier alpha value is -3.06. The van der Waals surface area contributed by atoms with Crippen molar-refractivity contribution >= 4 is 22.5 Å². The fourth-order valence-electron chi connectivity index (χ4n) is 3.63. The van der Waals surface area contributed by atoms with E-state index in [9.17, 15) is 4.79 Å². The summed E-state index contributed by atoms with van der Waals surface area (Å²) in [6.07, 6.45) is 2.92. The zero-order chi connectivity index (χ0) is 19.7. The highest BCUT2D eigenvalue weighted by Crippen LogP contribution is 2.24. The number of benzene rings is 1. The predicted octanol–water partition coefficient (Wildman–Crippen LogP) is 2.11. The molecule has 7 heteroatoms. The molecule has 0 aliphatic carbocycles. The molecule has 3 aromatic rings. The molecule has 0 spiro atoms. The quantitative estimate of drug-likeness (QED) is 0.708. The third-order valence-electron chi connectivity index (χ3n) is 5.33.